The summed E-state index contributed by atoms with van der Waals surface area (Å²) in [6.45, 7) is 3.31. The van der Waals surface area contributed by atoms with E-state index >= 15 is 0 Å². The molecule has 2 aromatic carbocycles. The highest BCUT2D eigenvalue weighted by molar-refractivity contribution is 6.08. The number of likely N-dealkylation sites (N-methyl/N-ethyl adjacent to an activating group) is 1. The van der Waals surface area contributed by atoms with Gasteiger partial charge < -0.3 is 29.2 Å². The molecule has 44 heavy (non-hydrogen) atoms. The van der Waals surface area contributed by atoms with E-state index in [4.69, 9.17) is 18.9 Å². The summed E-state index contributed by atoms with van der Waals surface area (Å²) in [5.41, 5.74) is 5.63. The summed E-state index contributed by atoms with van der Waals surface area (Å²) in [5.74, 6) is 0.303. The number of rotatable bonds is 14. The second-order valence-corrected chi connectivity index (χ2v) is 10.5. The van der Waals surface area contributed by atoms with Gasteiger partial charge in [-0.1, -0.05) is 12.1 Å². The third-order valence-corrected chi connectivity index (χ3v) is 7.15. The molecule has 232 valence electrons. The van der Waals surface area contributed by atoms with E-state index in [0.717, 1.165) is 33.4 Å². The van der Waals surface area contributed by atoms with Crippen molar-refractivity contribution in [2.75, 3.05) is 48.1 Å². The Morgan fingerprint density at radius 2 is 1.77 bits per heavy atom. The number of carbonyl (C=O) groups is 2. The number of allylic oxidation sites excluding steroid dienone is 2. The van der Waals surface area contributed by atoms with Crippen LogP contribution in [0.3, 0.4) is 0 Å². The van der Waals surface area contributed by atoms with Gasteiger partial charge in [0, 0.05) is 25.5 Å². The van der Waals surface area contributed by atoms with Crippen molar-refractivity contribution in [2.24, 2.45) is 0 Å². The monoisotopic (exact) mass is 603 g/mol. The lowest BCUT2D eigenvalue weighted by atomic mass is 10.00. The molecule has 1 N–H and O–H groups in total. The van der Waals surface area contributed by atoms with Gasteiger partial charge in [-0.15, -0.1) is 0 Å². The number of pyridine rings is 1. The van der Waals surface area contributed by atoms with Crippen LogP contribution in [-0.4, -0.2) is 69.8 Å². The van der Waals surface area contributed by atoms with Crippen LogP contribution in [0.15, 0.2) is 60.4 Å². The summed E-state index contributed by atoms with van der Waals surface area (Å²) in [7, 11) is 6.86. The average molecular weight is 604 g/mol. The van der Waals surface area contributed by atoms with Crippen LogP contribution in [-0.2, 0) is 20.9 Å². The Hall–Kier alpha value is -4.70. The number of nitrogens with zero attached hydrogens (tertiary/aromatic N) is 2. The molecule has 3 aromatic rings. The van der Waals surface area contributed by atoms with Gasteiger partial charge in [-0.3, -0.25) is 14.6 Å². The van der Waals surface area contributed by atoms with Gasteiger partial charge >= 0.3 is 5.97 Å². The van der Waals surface area contributed by atoms with Crippen molar-refractivity contribution in [1.29, 1.82) is 0 Å². The number of fused-ring (bicyclic) bond motifs is 1. The number of halogens is 1. The molecule has 1 aliphatic rings. The summed E-state index contributed by atoms with van der Waals surface area (Å²) >= 11 is 0. The van der Waals surface area contributed by atoms with E-state index < -0.39 is 0 Å². The minimum atomic E-state index is -0.377. The number of ether oxygens (including phenoxy) is 4. The first-order chi connectivity index (χ1) is 21.2. The first-order valence-corrected chi connectivity index (χ1v) is 14.3. The third kappa shape index (κ3) is 8.23. The van der Waals surface area contributed by atoms with E-state index in [2.05, 4.69) is 10.3 Å². The van der Waals surface area contributed by atoms with Crippen molar-refractivity contribution in [3.63, 3.8) is 0 Å². The van der Waals surface area contributed by atoms with E-state index in [-0.39, 0.29) is 37.1 Å². The van der Waals surface area contributed by atoms with Gasteiger partial charge in [0.05, 0.1) is 33.7 Å². The maximum Gasteiger partial charge on any atom is 0.309 e. The number of benzene rings is 2. The topological polar surface area (TPSA) is 99.2 Å². The highest BCUT2D eigenvalue weighted by atomic mass is 19.1. The second kappa shape index (κ2) is 15.2. The van der Waals surface area contributed by atoms with Gasteiger partial charge in [0.25, 0.3) is 0 Å². The van der Waals surface area contributed by atoms with Gasteiger partial charge in [-0.2, -0.15) is 0 Å². The van der Waals surface area contributed by atoms with Crippen molar-refractivity contribution < 1.29 is 32.9 Å². The number of methoxy groups -OCH3 is 2. The van der Waals surface area contributed by atoms with Crippen LogP contribution in [0.2, 0.25) is 0 Å². The molecule has 1 heterocycles. The van der Waals surface area contributed by atoms with Crippen molar-refractivity contribution in [2.45, 2.75) is 26.3 Å². The fourth-order valence-corrected chi connectivity index (χ4v) is 4.85. The lowest BCUT2D eigenvalue weighted by Crippen LogP contribution is -2.22. The number of esters is 1. The summed E-state index contributed by atoms with van der Waals surface area (Å²) in [6.07, 6.45) is 5.49. The summed E-state index contributed by atoms with van der Waals surface area (Å²) in [5, 5.41) is 2.93. The molecule has 0 spiro atoms. The molecule has 10 heteroatoms. The summed E-state index contributed by atoms with van der Waals surface area (Å²) in [4.78, 5) is 31.0. The van der Waals surface area contributed by atoms with Crippen molar-refractivity contribution in [3.8, 4) is 17.2 Å². The van der Waals surface area contributed by atoms with Crippen molar-refractivity contribution >= 4 is 29.1 Å². The molecule has 0 unspecified atom stereocenters. The minimum absolute atomic E-state index is 0.0709. The Morgan fingerprint density at radius 1 is 1.02 bits per heavy atom. The van der Waals surface area contributed by atoms with Crippen LogP contribution in [0.5, 0.6) is 17.2 Å². The standard InChI is InChI=1S/C34H38FN3O6/c1-22-27(26-9-8-25(35)18-29(26)28(22)19-32(39)37-21-23-7-6-11-36-20-23)15-24-16-30(41-4)34(31(17-24)42-5)44-13-10-33(40)43-14-12-38(2)3/h6-9,11,15-18,20H,10,12-14,19,21H2,1-5H3,(H,37,39). The van der Waals surface area contributed by atoms with E-state index in [0.29, 0.717) is 42.5 Å². The molecule has 1 aliphatic carbocycles. The van der Waals surface area contributed by atoms with Crippen LogP contribution in [0, 0.1) is 5.82 Å². The molecule has 0 saturated carbocycles. The number of aromatic nitrogens is 1. The largest absolute Gasteiger partial charge is 0.493 e. The van der Waals surface area contributed by atoms with E-state index in [1.165, 1.54) is 26.4 Å². The van der Waals surface area contributed by atoms with Gasteiger partial charge in [0.1, 0.15) is 12.4 Å². The molecule has 4 rings (SSSR count). The minimum Gasteiger partial charge on any atom is -0.493 e. The highest BCUT2D eigenvalue weighted by Crippen LogP contribution is 2.45. The molecule has 0 radical (unpaired) electrons. The molecular weight excluding hydrogens is 565 g/mol. The summed E-state index contributed by atoms with van der Waals surface area (Å²) < 4.78 is 36.7. The number of hydrogen-bond donors (Lipinski definition) is 1. The summed E-state index contributed by atoms with van der Waals surface area (Å²) in [6, 6.07) is 11.9. The zero-order valence-corrected chi connectivity index (χ0v) is 25.7. The maximum atomic E-state index is 14.4. The van der Waals surface area contributed by atoms with Crippen LogP contribution in [0.4, 0.5) is 4.39 Å². The predicted octanol–water partition coefficient (Wildman–Crippen LogP) is 5.15. The molecule has 0 aliphatic heterocycles. The fraction of sp³-hybridized carbons (Fsp3) is 0.324. The van der Waals surface area contributed by atoms with Crippen molar-refractivity contribution in [3.05, 3.63) is 88.5 Å². The van der Waals surface area contributed by atoms with Gasteiger partial charge in [-0.05, 0) is 96.4 Å². The lowest BCUT2D eigenvalue weighted by Gasteiger charge is -2.16. The average Bonchev–Trinajstić information content (AvgIpc) is 3.25. The number of carbonyl (C=O) groups excluding carboxylic acids is 2. The smallest absolute Gasteiger partial charge is 0.309 e. The predicted molar refractivity (Wildman–Crippen MR) is 167 cm³/mol. The molecule has 0 fully saturated rings. The van der Waals surface area contributed by atoms with E-state index in [1.807, 2.05) is 44.1 Å². The lowest BCUT2D eigenvalue weighted by molar-refractivity contribution is -0.144. The first kappa shape index (κ1) is 32.2. The van der Waals surface area contributed by atoms with Gasteiger partial charge in [0.2, 0.25) is 11.7 Å². The number of nitrogens with one attached hydrogen (secondary N) is 1. The van der Waals surface area contributed by atoms with Crippen molar-refractivity contribution in [1.82, 2.24) is 15.2 Å². The third-order valence-electron chi connectivity index (χ3n) is 7.15. The van der Waals surface area contributed by atoms with Gasteiger partial charge in [0.15, 0.2) is 11.5 Å². The molecule has 0 bridgehead atoms. The van der Waals surface area contributed by atoms with Crippen LogP contribution in [0.25, 0.3) is 17.2 Å². The Bertz CT molecular complexity index is 1530. The maximum absolute atomic E-state index is 14.4. The normalized spacial score (nSPS) is 13.2. The molecular formula is C34H38FN3O6. The van der Waals surface area contributed by atoms with E-state index in [9.17, 15) is 14.0 Å². The fourth-order valence-electron chi connectivity index (χ4n) is 4.85. The van der Waals surface area contributed by atoms with Crippen LogP contribution >= 0.6 is 0 Å². The van der Waals surface area contributed by atoms with Crippen LogP contribution in [0.1, 0.15) is 42.0 Å². The Labute approximate surface area is 257 Å². The highest BCUT2D eigenvalue weighted by Gasteiger charge is 2.26. The number of hydrogen-bond acceptors (Lipinski definition) is 8. The Kier molecular flexibility index (Phi) is 11.1. The Balaban J connectivity index is 1.55. The first-order valence-electron chi connectivity index (χ1n) is 14.3. The number of amides is 1. The zero-order chi connectivity index (χ0) is 31.6. The van der Waals surface area contributed by atoms with Crippen LogP contribution < -0.4 is 19.5 Å². The molecule has 9 nitrogen and oxygen atoms in total. The molecule has 0 saturated heterocycles. The quantitative estimate of drug-likeness (QED) is 0.253. The second-order valence-electron chi connectivity index (χ2n) is 10.5. The molecule has 1 aromatic heterocycles. The molecule has 0 atom stereocenters. The van der Waals surface area contributed by atoms with E-state index in [1.54, 1.807) is 30.6 Å². The zero-order valence-electron chi connectivity index (χ0n) is 25.7. The Morgan fingerprint density at radius 3 is 2.43 bits per heavy atom. The SMILES string of the molecule is COc1cc(C=C2C(C)=C(CC(=O)NCc3cccnc3)c3cc(F)ccc32)cc(OC)c1OCCC(=O)OCCN(C)C. The molecule has 1 amide bonds. The van der Waals surface area contributed by atoms with Gasteiger partial charge in [-0.25, -0.2) is 4.39 Å².